The SMILES string of the molecule is C1=C(c2ccccc2)C2c3cccc4cccc(c34)C2C(C2Nc3c(ccc4ccccc34)C(c3ccccc3)N2)=C1. The van der Waals surface area contributed by atoms with E-state index < -0.39 is 0 Å². The Morgan fingerprint density at radius 2 is 1.19 bits per heavy atom. The van der Waals surface area contributed by atoms with Gasteiger partial charge in [0.15, 0.2) is 0 Å². The molecular formula is C40H30N2. The van der Waals surface area contributed by atoms with Crippen molar-refractivity contribution in [1.29, 1.82) is 0 Å². The van der Waals surface area contributed by atoms with E-state index in [4.69, 9.17) is 0 Å². The molecule has 0 amide bonds. The van der Waals surface area contributed by atoms with E-state index in [0.717, 1.165) is 0 Å². The van der Waals surface area contributed by atoms with Crippen molar-refractivity contribution in [2.45, 2.75) is 24.0 Å². The fourth-order valence-corrected chi connectivity index (χ4v) is 7.81. The highest BCUT2D eigenvalue weighted by Crippen LogP contribution is 2.58. The Kier molecular flexibility index (Phi) is 5.26. The lowest BCUT2D eigenvalue weighted by Gasteiger charge is -2.41. The van der Waals surface area contributed by atoms with Gasteiger partial charge in [0.05, 0.1) is 6.04 Å². The van der Waals surface area contributed by atoms with Gasteiger partial charge in [-0.25, -0.2) is 0 Å². The van der Waals surface area contributed by atoms with Gasteiger partial charge in [0.1, 0.15) is 6.17 Å². The van der Waals surface area contributed by atoms with Crippen molar-refractivity contribution in [2.24, 2.45) is 0 Å². The quantitative estimate of drug-likeness (QED) is 0.235. The maximum atomic E-state index is 4.08. The lowest BCUT2D eigenvalue weighted by Crippen LogP contribution is -2.46. The highest BCUT2D eigenvalue weighted by Gasteiger charge is 2.44. The molecule has 0 saturated heterocycles. The molecule has 4 atom stereocenters. The van der Waals surface area contributed by atoms with Crippen LogP contribution in [0.2, 0.25) is 0 Å². The number of benzene rings is 6. The zero-order valence-corrected chi connectivity index (χ0v) is 23.2. The molecule has 0 saturated carbocycles. The van der Waals surface area contributed by atoms with E-state index in [-0.39, 0.29) is 24.0 Å². The number of hydrogen-bond acceptors (Lipinski definition) is 2. The van der Waals surface area contributed by atoms with E-state index in [0.29, 0.717) is 0 Å². The molecule has 0 aromatic heterocycles. The first-order valence-corrected chi connectivity index (χ1v) is 14.9. The van der Waals surface area contributed by atoms with Crippen LogP contribution in [0.5, 0.6) is 0 Å². The molecule has 200 valence electrons. The normalized spacial score (nSPS) is 22.2. The van der Waals surface area contributed by atoms with Crippen LogP contribution < -0.4 is 10.6 Å². The van der Waals surface area contributed by atoms with E-state index in [1.165, 1.54) is 66.2 Å². The van der Waals surface area contributed by atoms with Crippen LogP contribution in [0.1, 0.15) is 45.7 Å². The molecule has 2 aliphatic carbocycles. The van der Waals surface area contributed by atoms with E-state index in [2.05, 4.69) is 156 Å². The van der Waals surface area contributed by atoms with E-state index in [9.17, 15) is 0 Å². The molecule has 9 rings (SSSR count). The molecule has 1 heterocycles. The zero-order valence-electron chi connectivity index (χ0n) is 23.2. The highest BCUT2D eigenvalue weighted by atomic mass is 15.2. The van der Waals surface area contributed by atoms with Crippen LogP contribution in [-0.4, -0.2) is 6.17 Å². The molecule has 2 nitrogen and oxygen atoms in total. The number of hydrogen-bond donors (Lipinski definition) is 2. The minimum Gasteiger partial charge on any atom is -0.365 e. The highest BCUT2D eigenvalue weighted by molar-refractivity contribution is 5.99. The molecule has 0 spiro atoms. The second-order valence-corrected chi connectivity index (χ2v) is 11.7. The number of fused-ring (bicyclic) bond motifs is 6. The summed E-state index contributed by atoms with van der Waals surface area (Å²) in [6.45, 7) is 0. The molecule has 4 unspecified atom stereocenters. The molecule has 0 radical (unpaired) electrons. The van der Waals surface area contributed by atoms with Crippen molar-refractivity contribution >= 4 is 32.8 Å². The Morgan fingerprint density at radius 1 is 0.500 bits per heavy atom. The van der Waals surface area contributed by atoms with Crippen LogP contribution in [0.4, 0.5) is 5.69 Å². The van der Waals surface area contributed by atoms with Crippen LogP contribution in [0.3, 0.4) is 0 Å². The number of nitrogens with one attached hydrogen (secondary N) is 2. The van der Waals surface area contributed by atoms with Crippen LogP contribution >= 0.6 is 0 Å². The van der Waals surface area contributed by atoms with Crippen LogP contribution in [0, 0.1) is 0 Å². The first-order valence-electron chi connectivity index (χ1n) is 14.9. The number of allylic oxidation sites excluding steroid dienone is 3. The average Bonchev–Trinajstić information content (AvgIpc) is 3.41. The van der Waals surface area contributed by atoms with Gasteiger partial charge in [-0.05, 0) is 55.1 Å². The summed E-state index contributed by atoms with van der Waals surface area (Å²) in [5, 5.41) is 13.4. The van der Waals surface area contributed by atoms with Crippen molar-refractivity contribution in [2.75, 3.05) is 5.32 Å². The van der Waals surface area contributed by atoms with E-state index in [1.54, 1.807) is 0 Å². The summed E-state index contributed by atoms with van der Waals surface area (Å²) < 4.78 is 0. The van der Waals surface area contributed by atoms with Crippen molar-refractivity contribution in [3.8, 4) is 0 Å². The van der Waals surface area contributed by atoms with Crippen molar-refractivity contribution in [3.63, 3.8) is 0 Å². The van der Waals surface area contributed by atoms with Crippen molar-refractivity contribution in [3.05, 3.63) is 179 Å². The molecule has 42 heavy (non-hydrogen) atoms. The second-order valence-electron chi connectivity index (χ2n) is 11.7. The van der Waals surface area contributed by atoms with Gasteiger partial charge in [-0.3, -0.25) is 5.32 Å². The van der Waals surface area contributed by atoms with E-state index in [1.807, 2.05) is 0 Å². The summed E-state index contributed by atoms with van der Waals surface area (Å²) in [6, 6.07) is 48.9. The lowest BCUT2D eigenvalue weighted by atomic mass is 9.72. The predicted molar refractivity (Wildman–Crippen MR) is 175 cm³/mol. The molecule has 2 N–H and O–H groups in total. The topological polar surface area (TPSA) is 24.1 Å². The van der Waals surface area contributed by atoms with Crippen molar-refractivity contribution < 1.29 is 0 Å². The fraction of sp³-hybridized carbons (Fsp3) is 0.100. The maximum absolute atomic E-state index is 4.08. The Morgan fingerprint density at radius 3 is 2.00 bits per heavy atom. The summed E-state index contributed by atoms with van der Waals surface area (Å²) >= 11 is 0. The third-order valence-electron chi connectivity index (χ3n) is 9.59. The predicted octanol–water partition coefficient (Wildman–Crippen LogP) is 9.33. The second kappa shape index (κ2) is 9.30. The Labute approximate surface area is 246 Å². The van der Waals surface area contributed by atoms with Crippen LogP contribution in [0.15, 0.2) is 151 Å². The maximum Gasteiger partial charge on any atom is 0.101 e. The standard InChI is InChI=1S/C40H30N2/c1-3-11-25(12-4-1)29-23-24-33(37-32-20-10-17-27-16-9-19-31(35(27)32)36(29)37)40-41-38(28-14-5-2-6-15-28)34-22-21-26-13-7-8-18-30(26)39(34)42-40/h1-24,36-38,40-42H. The first kappa shape index (κ1) is 23.8. The average molecular weight is 539 g/mol. The Hall–Kier alpha value is -4.92. The summed E-state index contributed by atoms with van der Waals surface area (Å²) in [5.74, 6) is 0.505. The van der Waals surface area contributed by atoms with Gasteiger partial charge in [0.25, 0.3) is 0 Å². The fourth-order valence-electron chi connectivity index (χ4n) is 7.81. The number of rotatable bonds is 3. The molecule has 3 aliphatic rings. The third-order valence-corrected chi connectivity index (χ3v) is 9.59. The molecule has 6 aromatic carbocycles. The summed E-state index contributed by atoms with van der Waals surface area (Å²) in [6.07, 6.45) is 4.76. The zero-order chi connectivity index (χ0) is 27.6. The third kappa shape index (κ3) is 3.49. The van der Waals surface area contributed by atoms with Gasteiger partial charge in [-0.15, -0.1) is 0 Å². The molecule has 0 bridgehead atoms. The molecule has 0 fully saturated rings. The van der Waals surface area contributed by atoms with Gasteiger partial charge in [-0.2, -0.15) is 0 Å². The number of anilines is 1. The minimum atomic E-state index is -0.0286. The summed E-state index contributed by atoms with van der Waals surface area (Å²) in [5.41, 5.74) is 10.8. The van der Waals surface area contributed by atoms with E-state index >= 15 is 0 Å². The van der Waals surface area contributed by atoms with Crippen LogP contribution in [0.25, 0.3) is 27.1 Å². The molecule has 1 aliphatic heterocycles. The van der Waals surface area contributed by atoms with Crippen molar-refractivity contribution in [1.82, 2.24) is 5.32 Å². The first-order chi connectivity index (χ1) is 20.8. The van der Waals surface area contributed by atoms with Gasteiger partial charge in [0, 0.05) is 22.9 Å². The Bertz CT molecular complexity index is 2050. The summed E-state index contributed by atoms with van der Waals surface area (Å²) in [7, 11) is 0. The molecule has 2 heteroatoms. The largest absolute Gasteiger partial charge is 0.365 e. The van der Waals surface area contributed by atoms with Gasteiger partial charge >= 0.3 is 0 Å². The van der Waals surface area contributed by atoms with Gasteiger partial charge in [0.2, 0.25) is 0 Å². The van der Waals surface area contributed by atoms with Crippen LogP contribution in [-0.2, 0) is 0 Å². The smallest absolute Gasteiger partial charge is 0.101 e. The van der Waals surface area contributed by atoms with Gasteiger partial charge < -0.3 is 5.32 Å². The Balaban J connectivity index is 1.25. The molecule has 6 aromatic rings. The van der Waals surface area contributed by atoms with Gasteiger partial charge in [-0.1, -0.05) is 146 Å². The minimum absolute atomic E-state index is 0.0286. The molecular weight excluding hydrogens is 508 g/mol. The lowest BCUT2D eigenvalue weighted by molar-refractivity contribution is 0.506. The summed E-state index contributed by atoms with van der Waals surface area (Å²) in [4.78, 5) is 0. The monoisotopic (exact) mass is 538 g/mol.